The molecule has 0 bridgehead atoms. The minimum Gasteiger partial charge on any atom is -0.496 e. The summed E-state index contributed by atoms with van der Waals surface area (Å²) >= 11 is 0. The molecule has 3 aromatic rings. The number of halogens is 2. The first-order valence-corrected chi connectivity index (χ1v) is 9.88. The number of methoxy groups -OCH3 is 1. The number of benzene rings is 2. The summed E-state index contributed by atoms with van der Waals surface area (Å²) in [5, 5.41) is 3.28. The quantitative estimate of drug-likeness (QED) is 0.648. The van der Waals surface area contributed by atoms with Gasteiger partial charge in [-0.2, -0.15) is 8.78 Å². The molecule has 0 aliphatic rings. The lowest BCUT2D eigenvalue weighted by molar-refractivity contribution is 0.234. The summed E-state index contributed by atoms with van der Waals surface area (Å²) in [7, 11) is -1.21. The van der Waals surface area contributed by atoms with Gasteiger partial charge in [0.05, 0.1) is 12.0 Å². The molecule has 0 saturated carbocycles. The normalized spacial score (nSPS) is 12.8. The van der Waals surface area contributed by atoms with Crippen molar-refractivity contribution in [2.24, 2.45) is 7.05 Å². The van der Waals surface area contributed by atoms with Crippen LogP contribution < -0.4 is 10.1 Å². The molecule has 0 spiro atoms. The molecule has 1 N–H and O–H groups in total. The van der Waals surface area contributed by atoms with Crippen molar-refractivity contribution in [2.45, 2.75) is 16.7 Å². The molecule has 0 saturated heterocycles. The Morgan fingerprint density at radius 1 is 1.11 bits per heavy atom. The van der Waals surface area contributed by atoms with E-state index in [0.29, 0.717) is 17.3 Å². The van der Waals surface area contributed by atoms with Gasteiger partial charge < -0.3 is 14.6 Å². The van der Waals surface area contributed by atoms with Gasteiger partial charge in [-0.15, -0.1) is 0 Å². The Kier molecular flexibility index (Phi) is 5.64. The third-order valence-electron chi connectivity index (χ3n) is 4.29. The van der Waals surface area contributed by atoms with Crippen LogP contribution >= 0.6 is 0 Å². The molecule has 148 valence electrons. The Balaban J connectivity index is 1.98. The minimum absolute atomic E-state index is 0.409. The Labute approximate surface area is 161 Å². The van der Waals surface area contributed by atoms with Gasteiger partial charge in [0.1, 0.15) is 17.6 Å². The van der Waals surface area contributed by atoms with E-state index in [4.69, 9.17) is 4.74 Å². The van der Waals surface area contributed by atoms with E-state index in [1.165, 1.54) is 12.1 Å². The molecule has 0 fully saturated rings. The summed E-state index contributed by atoms with van der Waals surface area (Å²) in [6, 6.07) is 12.2. The fourth-order valence-corrected chi connectivity index (χ4v) is 3.57. The molecule has 1 aromatic heterocycles. The van der Waals surface area contributed by atoms with E-state index in [0.717, 1.165) is 17.7 Å². The first kappa shape index (κ1) is 19.8. The molecule has 1 atom stereocenters. The third-order valence-corrected chi connectivity index (χ3v) is 5.69. The van der Waals surface area contributed by atoms with Gasteiger partial charge in [-0.05, 0) is 30.3 Å². The minimum atomic E-state index is -4.63. The number of para-hydroxylation sites is 1. The standard InChI is InChI=1S/C19H19F2N3O3S/c1-24-12-11-22-18(24)17(15-5-3-4-6-16(15)27-2)23-13-7-9-14(10-8-13)28(25,26)19(20)21/h3-12,17,19,23H,1-2H3. The summed E-state index contributed by atoms with van der Waals surface area (Å²) in [5.41, 5.74) is 1.37. The molecule has 0 radical (unpaired) electrons. The topological polar surface area (TPSA) is 73.2 Å². The van der Waals surface area contributed by atoms with E-state index < -0.39 is 26.5 Å². The van der Waals surface area contributed by atoms with E-state index in [9.17, 15) is 17.2 Å². The number of aromatic nitrogens is 2. The van der Waals surface area contributed by atoms with Crippen LogP contribution in [0, 0.1) is 0 Å². The van der Waals surface area contributed by atoms with E-state index >= 15 is 0 Å². The third kappa shape index (κ3) is 3.84. The number of sulfone groups is 1. The largest absolute Gasteiger partial charge is 0.496 e. The first-order chi connectivity index (χ1) is 13.3. The number of hydrogen-bond donors (Lipinski definition) is 1. The van der Waals surface area contributed by atoms with Crippen molar-refractivity contribution < 1.29 is 21.9 Å². The summed E-state index contributed by atoms with van der Waals surface area (Å²) in [4.78, 5) is 3.96. The van der Waals surface area contributed by atoms with Crippen LogP contribution in [-0.2, 0) is 16.9 Å². The predicted octanol–water partition coefficient (Wildman–Crippen LogP) is 3.63. The zero-order valence-electron chi connectivity index (χ0n) is 15.2. The first-order valence-electron chi connectivity index (χ1n) is 8.33. The fourth-order valence-electron chi connectivity index (χ4n) is 2.85. The van der Waals surface area contributed by atoms with Crippen LogP contribution in [0.4, 0.5) is 14.5 Å². The summed E-state index contributed by atoms with van der Waals surface area (Å²) < 4.78 is 55.9. The van der Waals surface area contributed by atoms with Crippen LogP contribution in [0.25, 0.3) is 0 Å². The van der Waals surface area contributed by atoms with Gasteiger partial charge in [0, 0.05) is 30.7 Å². The van der Waals surface area contributed by atoms with Gasteiger partial charge in [0.25, 0.3) is 0 Å². The average Bonchev–Trinajstić information content (AvgIpc) is 3.12. The second kappa shape index (κ2) is 7.97. The Morgan fingerprint density at radius 2 is 1.79 bits per heavy atom. The molecule has 9 heteroatoms. The molecular weight excluding hydrogens is 388 g/mol. The van der Waals surface area contributed by atoms with Gasteiger partial charge in [0.15, 0.2) is 0 Å². The highest BCUT2D eigenvalue weighted by molar-refractivity contribution is 7.91. The monoisotopic (exact) mass is 407 g/mol. The van der Waals surface area contributed by atoms with Crippen molar-refractivity contribution in [3.8, 4) is 5.75 Å². The highest BCUT2D eigenvalue weighted by Gasteiger charge is 2.27. The van der Waals surface area contributed by atoms with Crippen LogP contribution in [-0.4, -0.2) is 30.8 Å². The lowest BCUT2D eigenvalue weighted by Gasteiger charge is -2.22. The molecule has 28 heavy (non-hydrogen) atoms. The maximum Gasteiger partial charge on any atom is 0.341 e. The average molecular weight is 407 g/mol. The van der Waals surface area contributed by atoms with Crippen LogP contribution in [0.15, 0.2) is 65.8 Å². The summed E-state index contributed by atoms with van der Waals surface area (Å²) in [6.07, 6.45) is 3.47. The number of hydrogen-bond acceptors (Lipinski definition) is 5. The van der Waals surface area contributed by atoms with Crippen molar-refractivity contribution in [3.05, 3.63) is 72.3 Å². The Hall–Kier alpha value is -2.94. The molecule has 1 unspecified atom stereocenters. The van der Waals surface area contributed by atoms with Gasteiger partial charge in [-0.3, -0.25) is 0 Å². The van der Waals surface area contributed by atoms with Gasteiger partial charge >= 0.3 is 5.76 Å². The lowest BCUT2D eigenvalue weighted by Crippen LogP contribution is -2.18. The molecule has 2 aromatic carbocycles. The lowest BCUT2D eigenvalue weighted by atomic mass is 10.0. The SMILES string of the molecule is COc1ccccc1C(Nc1ccc(S(=O)(=O)C(F)F)cc1)c1nccn1C. The van der Waals surface area contributed by atoms with Crippen LogP contribution in [0.2, 0.25) is 0 Å². The maximum atomic E-state index is 12.7. The molecule has 0 aliphatic carbocycles. The number of alkyl halides is 2. The van der Waals surface area contributed by atoms with E-state index in [1.54, 1.807) is 19.5 Å². The van der Waals surface area contributed by atoms with Crippen LogP contribution in [0.5, 0.6) is 5.75 Å². The summed E-state index contributed by atoms with van der Waals surface area (Å²) in [5.74, 6) is -2.10. The molecule has 6 nitrogen and oxygen atoms in total. The Bertz CT molecular complexity index is 1050. The number of imidazole rings is 1. The number of nitrogens with one attached hydrogen (secondary N) is 1. The number of ether oxygens (including phenoxy) is 1. The van der Waals surface area contributed by atoms with Gasteiger partial charge in [-0.25, -0.2) is 13.4 Å². The van der Waals surface area contributed by atoms with Crippen molar-refractivity contribution in [1.82, 2.24) is 9.55 Å². The molecule has 0 amide bonds. The van der Waals surface area contributed by atoms with E-state index in [2.05, 4.69) is 10.3 Å². The zero-order valence-corrected chi connectivity index (χ0v) is 16.0. The van der Waals surface area contributed by atoms with Crippen molar-refractivity contribution >= 4 is 15.5 Å². The smallest absolute Gasteiger partial charge is 0.341 e. The fraction of sp³-hybridized carbons (Fsp3) is 0.211. The van der Waals surface area contributed by atoms with Crippen molar-refractivity contribution in [2.75, 3.05) is 12.4 Å². The second-order valence-electron chi connectivity index (χ2n) is 6.05. The molecule has 3 rings (SSSR count). The van der Waals surface area contributed by atoms with E-state index in [-0.39, 0.29) is 0 Å². The number of rotatable bonds is 7. The van der Waals surface area contributed by atoms with Crippen LogP contribution in [0.1, 0.15) is 17.4 Å². The predicted molar refractivity (Wildman–Crippen MR) is 101 cm³/mol. The van der Waals surface area contributed by atoms with Gasteiger partial charge in [-0.1, -0.05) is 18.2 Å². The number of anilines is 1. The molecule has 0 aliphatic heterocycles. The molecule has 1 heterocycles. The number of aryl methyl sites for hydroxylation is 1. The Morgan fingerprint density at radius 3 is 2.36 bits per heavy atom. The second-order valence-corrected chi connectivity index (χ2v) is 7.96. The van der Waals surface area contributed by atoms with Crippen LogP contribution in [0.3, 0.4) is 0 Å². The maximum absolute atomic E-state index is 12.7. The van der Waals surface area contributed by atoms with Crippen molar-refractivity contribution in [3.63, 3.8) is 0 Å². The van der Waals surface area contributed by atoms with E-state index in [1.807, 2.05) is 35.9 Å². The zero-order chi connectivity index (χ0) is 20.3. The molecular formula is C19H19F2N3O3S. The highest BCUT2D eigenvalue weighted by Crippen LogP contribution is 2.32. The summed E-state index contributed by atoms with van der Waals surface area (Å²) in [6.45, 7) is 0. The van der Waals surface area contributed by atoms with Crippen molar-refractivity contribution in [1.29, 1.82) is 0 Å². The number of nitrogens with zero attached hydrogens (tertiary/aromatic N) is 2. The van der Waals surface area contributed by atoms with Gasteiger partial charge in [0.2, 0.25) is 9.84 Å². The highest BCUT2D eigenvalue weighted by atomic mass is 32.2.